The van der Waals surface area contributed by atoms with Crippen LogP contribution in [0.5, 0.6) is 0 Å². The first-order valence-electron chi connectivity index (χ1n) is 11.6. The summed E-state index contributed by atoms with van der Waals surface area (Å²) in [6.07, 6.45) is 6.47. The minimum Gasteiger partial charge on any atom is -0.333 e. The first-order chi connectivity index (χ1) is 17.5. The fourth-order valence-corrected chi connectivity index (χ4v) is 5.00. The van der Waals surface area contributed by atoms with Gasteiger partial charge in [0.05, 0.1) is 17.1 Å². The van der Waals surface area contributed by atoms with Crippen LogP contribution in [0.2, 0.25) is 0 Å². The second-order valence-electron chi connectivity index (χ2n) is 8.69. The summed E-state index contributed by atoms with van der Waals surface area (Å²) in [6, 6.07) is 17.6. The number of pyridine rings is 1. The van der Waals surface area contributed by atoms with Gasteiger partial charge in [-0.05, 0) is 69.0 Å². The van der Waals surface area contributed by atoms with E-state index in [0.29, 0.717) is 29.7 Å². The summed E-state index contributed by atoms with van der Waals surface area (Å²) in [6.45, 7) is 2.60. The van der Waals surface area contributed by atoms with Gasteiger partial charge in [-0.2, -0.15) is 5.26 Å². The molecule has 180 valence electrons. The van der Waals surface area contributed by atoms with Crippen LogP contribution in [0.15, 0.2) is 71.5 Å². The minimum absolute atomic E-state index is 0.214. The zero-order chi connectivity index (χ0) is 25.1. The number of halogens is 2. The molecule has 1 aliphatic rings. The van der Waals surface area contributed by atoms with Crippen molar-refractivity contribution in [1.29, 1.82) is 5.26 Å². The lowest BCUT2D eigenvalue weighted by Gasteiger charge is -2.27. The van der Waals surface area contributed by atoms with Gasteiger partial charge in [0, 0.05) is 49.9 Å². The number of aromatic nitrogens is 2. The molecule has 0 fully saturated rings. The smallest absolute Gasteiger partial charge is 0.326 e. The number of nitrogens with one attached hydrogen (secondary N) is 1. The molecule has 8 heteroatoms. The van der Waals surface area contributed by atoms with Gasteiger partial charge in [-0.1, -0.05) is 30.4 Å². The maximum atomic E-state index is 13.4. The highest BCUT2D eigenvalue weighted by Gasteiger charge is 2.26. The zero-order valence-electron chi connectivity index (χ0n) is 19.4. The van der Waals surface area contributed by atoms with Crippen molar-refractivity contribution in [2.24, 2.45) is 0 Å². The van der Waals surface area contributed by atoms with Crippen LogP contribution in [0.25, 0.3) is 17.0 Å². The molecule has 0 saturated carbocycles. The standard InChI is InChI=1S/C28H23BrFN5O/c29-27-15-21(9-11-32-27)17-33-28(36)35-25-10-13-34(12-1-2-19-3-6-22(30)7-4-19)18-24(25)23-8-5-20(16-31)14-26(23)35/h1-9,11,14-15H,10,12-13,17-18H2,(H,33,36). The van der Waals surface area contributed by atoms with Crippen molar-refractivity contribution in [2.45, 2.75) is 19.5 Å². The lowest BCUT2D eigenvalue weighted by Crippen LogP contribution is -2.34. The van der Waals surface area contributed by atoms with E-state index < -0.39 is 0 Å². The van der Waals surface area contributed by atoms with Gasteiger partial charge in [-0.15, -0.1) is 0 Å². The Balaban J connectivity index is 1.39. The Hall–Kier alpha value is -3.80. The van der Waals surface area contributed by atoms with E-state index in [1.807, 2.05) is 24.3 Å². The highest BCUT2D eigenvalue weighted by atomic mass is 79.9. The molecule has 0 saturated heterocycles. The van der Waals surface area contributed by atoms with Gasteiger partial charge in [0.25, 0.3) is 0 Å². The lowest BCUT2D eigenvalue weighted by atomic mass is 10.0. The molecule has 6 nitrogen and oxygen atoms in total. The Morgan fingerprint density at radius 1 is 1.19 bits per heavy atom. The van der Waals surface area contributed by atoms with Gasteiger partial charge in [-0.3, -0.25) is 9.47 Å². The number of rotatable bonds is 5. The van der Waals surface area contributed by atoms with Crippen molar-refractivity contribution in [1.82, 2.24) is 19.8 Å². The summed E-state index contributed by atoms with van der Waals surface area (Å²) < 4.78 is 15.6. The van der Waals surface area contributed by atoms with E-state index in [1.54, 1.807) is 35.0 Å². The molecule has 0 unspecified atom stereocenters. The Morgan fingerprint density at radius 3 is 2.81 bits per heavy atom. The SMILES string of the molecule is N#Cc1ccc2c3c(n(C(=O)NCc4ccnc(Br)c4)c2c1)CCN(CC=Cc1ccc(F)cc1)C3. The highest BCUT2D eigenvalue weighted by Crippen LogP contribution is 2.31. The average Bonchev–Trinajstić information content (AvgIpc) is 3.21. The number of benzene rings is 2. The fourth-order valence-electron chi connectivity index (χ4n) is 4.59. The fraction of sp³-hybridized carbons (Fsp3) is 0.179. The topological polar surface area (TPSA) is 74.0 Å². The first kappa shape index (κ1) is 23.9. The van der Waals surface area contributed by atoms with Crippen LogP contribution in [0.3, 0.4) is 0 Å². The average molecular weight is 544 g/mol. The Kier molecular flexibility index (Phi) is 6.94. The summed E-state index contributed by atoms with van der Waals surface area (Å²) in [4.78, 5) is 19.8. The van der Waals surface area contributed by atoms with E-state index in [0.717, 1.165) is 46.4 Å². The van der Waals surface area contributed by atoms with Gasteiger partial charge in [0.1, 0.15) is 10.4 Å². The molecule has 1 aliphatic heterocycles. The van der Waals surface area contributed by atoms with Crippen LogP contribution in [0.1, 0.15) is 27.9 Å². The molecule has 0 bridgehead atoms. The molecule has 0 aliphatic carbocycles. The van der Waals surface area contributed by atoms with Crippen LogP contribution < -0.4 is 5.32 Å². The predicted molar refractivity (Wildman–Crippen MR) is 141 cm³/mol. The van der Waals surface area contributed by atoms with Gasteiger partial charge < -0.3 is 5.32 Å². The third-order valence-electron chi connectivity index (χ3n) is 6.34. The second kappa shape index (κ2) is 10.4. The molecule has 2 aromatic heterocycles. The van der Waals surface area contributed by atoms with E-state index in [1.165, 1.54) is 12.1 Å². The molecule has 0 radical (unpaired) electrons. The van der Waals surface area contributed by atoms with Gasteiger partial charge >= 0.3 is 6.03 Å². The monoisotopic (exact) mass is 543 g/mol. The maximum Gasteiger partial charge on any atom is 0.326 e. The molecule has 5 rings (SSSR count). The summed E-state index contributed by atoms with van der Waals surface area (Å²) in [5.41, 5.74) is 5.24. The van der Waals surface area contributed by atoms with Crippen molar-refractivity contribution in [3.05, 3.63) is 105 Å². The number of carbonyl (C=O) groups excluding carboxylic acids is 1. The van der Waals surface area contributed by atoms with Crippen LogP contribution in [-0.2, 0) is 19.5 Å². The summed E-state index contributed by atoms with van der Waals surface area (Å²) in [5, 5.41) is 13.5. The van der Waals surface area contributed by atoms with Crippen molar-refractivity contribution in [2.75, 3.05) is 13.1 Å². The van der Waals surface area contributed by atoms with Crippen molar-refractivity contribution >= 4 is 38.9 Å². The van der Waals surface area contributed by atoms with Crippen LogP contribution in [-0.4, -0.2) is 33.6 Å². The molecule has 0 atom stereocenters. The Morgan fingerprint density at radius 2 is 2.03 bits per heavy atom. The summed E-state index contributed by atoms with van der Waals surface area (Å²) in [5.74, 6) is -0.246. The second-order valence-corrected chi connectivity index (χ2v) is 9.50. The van der Waals surface area contributed by atoms with E-state index in [-0.39, 0.29) is 11.8 Å². The number of nitriles is 1. The minimum atomic E-state index is -0.246. The van der Waals surface area contributed by atoms with Gasteiger partial charge in [0.15, 0.2) is 0 Å². The predicted octanol–water partition coefficient (Wildman–Crippen LogP) is 5.64. The highest BCUT2D eigenvalue weighted by molar-refractivity contribution is 9.10. The number of amides is 1. The molecule has 3 heterocycles. The molecule has 1 N–H and O–H groups in total. The number of hydrogen-bond donors (Lipinski definition) is 1. The van der Waals surface area contributed by atoms with Crippen molar-refractivity contribution < 1.29 is 9.18 Å². The largest absolute Gasteiger partial charge is 0.333 e. The summed E-state index contributed by atoms with van der Waals surface area (Å²) >= 11 is 3.36. The van der Waals surface area contributed by atoms with Crippen LogP contribution in [0, 0.1) is 17.1 Å². The van der Waals surface area contributed by atoms with E-state index >= 15 is 0 Å². The van der Waals surface area contributed by atoms with Gasteiger partial charge in [0.2, 0.25) is 0 Å². The molecule has 36 heavy (non-hydrogen) atoms. The van der Waals surface area contributed by atoms with Crippen LogP contribution in [0.4, 0.5) is 9.18 Å². The molecule has 2 aromatic carbocycles. The van der Waals surface area contributed by atoms with Crippen molar-refractivity contribution in [3.63, 3.8) is 0 Å². The van der Waals surface area contributed by atoms with E-state index in [2.05, 4.69) is 43.3 Å². The maximum absolute atomic E-state index is 13.4. The molecular formula is C28H23BrFN5O. The molecule has 4 aromatic rings. The van der Waals surface area contributed by atoms with E-state index in [9.17, 15) is 14.4 Å². The zero-order valence-corrected chi connectivity index (χ0v) is 21.0. The van der Waals surface area contributed by atoms with Crippen LogP contribution >= 0.6 is 15.9 Å². The quantitative estimate of drug-likeness (QED) is 0.330. The van der Waals surface area contributed by atoms with Crippen molar-refractivity contribution in [3.8, 4) is 6.07 Å². The number of hydrogen-bond acceptors (Lipinski definition) is 4. The molecule has 1 amide bonds. The van der Waals surface area contributed by atoms with Gasteiger partial charge in [-0.25, -0.2) is 14.2 Å². The third kappa shape index (κ3) is 5.08. The summed E-state index contributed by atoms with van der Waals surface area (Å²) in [7, 11) is 0. The van der Waals surface area contributed by atoms with E-state index in [4.69, 9.17) is 0 Å². The third-order valence-corrected chi connectivity index (χ3v) is 6.77. The normalized spacial score (nSPS) is 13.6. The first-order valence-corrected chi connectivity index (χ1v) is 12.4. The Labute approximate surface area is 216 Å². The number of nitrogens with zero attached hydrogens (tertiary/aromatic N) is 4. The number of fused-ring (bicyclic) bond motifs is 3. The molecular weight excluding hydrogens is 521 g/mol. The Bertz CT molecular complexity index is 1500. The number of carbonyl (C=O) groups is 1. The molecule has 0 spiro atoms. The lowest BCUT2D eigenvalue weighted by molar-refractivity contribution is 0.240.